The van der Waals surface area contributed by atoms with Gasteiger partial charge >= 0.3 is 0 Å². The van der Waals surface area contributed by atoms with Gasteiger partial charge in [-0.25, -0.2) is 5.84 Å². The van der Waals surface area contributed by atoms with Crippen molar-refractivity contribution in [3.63, 3.8) is 0 Å². The maximum absolute atomic E-state index is 11.2. The first kappa shape index (κ1) is 14.1. The Labute approximate surface area is 105 Å². The molecule has 1 heterocycles. The number of carbonyl (C=O) groups is 1. The van der Waals surface area contributed by atoms with Crippen molar-refractivity contribution in [1.82, 2.24) is 5.43 Å². The smallest absolute Gasteiger partial charge is 0.275 e. The molecule has 0 radical (unpaired) electrons. The number of nitrogen functional groups attached to an aromatic ring is 1. The van der Waals surface area contributed by atoms with Crippen LogP contribution in [0.3, 0.4) is 0 Å². The van der Waals surface area contributed by atoms with Crippen LogP contribution in [-0.4, -0.2) is 25.7 Å². The summed E-state index contributed by atoms with van der Waals surface area (Å²) in [6, 6.07) is 3.60. The number of ether oxygens (including phenoxy) is 2. The molecule has 0 spiro atoms. The SMILES string of the molecule is CCCOCCOCc1ccc(C(=O)NN)s1. The van der Waals surface area contributed by atoms with Crippen LogP contribution in [-0.2, 0) is 16.1 Å². The molecule has 0 atom stereocenters. The van der Waals surface area contributed by atoms with Gasteiger partial charge in [-0.05, 0) is 18.6 Å². The molecule has 3 N–H and O–H groups in total. The maximum Gasteiger partial charge on any atom is 0.275 e. The number of amides is 1. The third kappa shape index (κ3) is 5.27. The van der Waals surface area contributed by atoms with E-state index in [1.807, 2.05) is 6.07 Å². The molecule has 0 saturated carbocycles. The van der Waals surface area contributed by atoms with E-state index in [1.54, 1.807) is 6.07 Å². The van der Waals surface area contributed by atoms with E-state index in [9.17, 15) is 4.79 Å². The molecule has 1 aromatic heterocycles. The number of nitrogens with two attached hydrogens (primary N) is 1. The van der Waals surface area contributed by atoms with Crippen LogP contribution >= 0.6 is 11.3 Å². The highest BCUT2D eigenvalue weighted by Crippen LogP contribution is 2.16. The van der Waals surface area contributed by atoms with E-state index in [0.29, 0.717) is 24.7 Å². The summed E-state index contributed by atoms with van der Waals surface area (Å²) < 4.78 is 10.7. The molecule has 0 aliphatic rings. The zero-order valence-corrected chi connectivity index (χ0v) is 10.7. The summed E-state index contributed by atoms with van der Waals surface area (Å²) in [7, 11) is 0. The molecule has 0 fully saturated rings. The number of rotatable bonds is 8. The number of thiophene rings is 1. The normalized spacial score (nSPS) is 10.5. The standard InChI is InChI=1S/C11H18N2O3S/c1-2-5-15-6-7-16-8-9-3-4-10(17-9)11(14)13-12/h3-4H,2,5-8,12H2,1H3,(H,13,14). The van der Waals surface area contributed by atoms with Crippen LogP contribution in [0.4, 0.5) is 0 Å². The summed E-state index contributed by atoms with van der Waals surface area (Å²) in [6.07, 6.45) is 1.02. The van der Waals surface area contributed by atoms with Gasteiger partial charge in [-0.1, -0.05) is 6.92 Å². The Morgan fingerprint density at radius 3 is 2.82 bits per heavy atom. The van der Waals surface area contributed by atoms with Crippen molar-refractivity contribution in [3.05, 3.63) is 21.9 Å². The fourth-order valence-corrected chi connectivity index (χ4v) is 2.03. The van der Waals surface area contributed by atoms with Crippen LogP contribution in [0.15, 0.2) is 12.1 Å². The first-order valence-corrected chi connectivity index (χ1v) is 6.34. The van der Waals surface area contributed by atoms with Crippen LogP contribution < -0.4 is 11.3 Å². The summed E-state index contributed by atoms with van der Waals surface area (Å²) in [5.41, 5.74) is 2.10. The highest BCUT2D eigenvalue weighted by Gasteiger charge is 2.07. The molecule has 0 aromatic carbocycles. The van der Waals surface area contributed by atoms with Crippen LogP contribution in [0, 0.1) is 0 Å². The number of carbonyl (C=O) groups excluding carboxylic acids is 1. The summed E-state index contributed by atoms with van der Waals surface area (Å²) in [5, 5.41) is 0. The van der Waals surface area contributed by atoms with Crippen molar-refractivity contribution in [2.75, 3.05) is 19.8 Å². The van der Waals surface area contributed by atoms with E-state index in [-0.39, 0.29) is 5.91 Å². The molecule has 1 aromatic rings. The van der Waals surface area contributed by atoms with Crippen LogP contribution in [0.25, 0.3) is 0 Å². The van der Waals surface area contributed by atoms with Crippen LogP contribution in [0.1, 0.15) is 27.9 Å². The monoisotopic (exact) mass is 258 g/mol. The summed E-state index contributed by atoms with van der Waals surface area (Å²) in [6.45, 7) is 4.50. The van der Waals surface area contributed by atoms with Gasteiger partial charge in [0.25, 0.3) is 5.91 Å². The van der Waals surface area contributed by atoms with Crippen molar-refractivity contribution >= 4 is 17.2 Å². The van der Waals surface area contributed by atoms with E-state index >= 15 is 0 Å². The highest BCUT2D eigenvalue weighted by atomic mass is 32.1. The van der Waals surface area contributed by atoms with E-state index in [0.717, 1.165) is 17.9 Å². The fraction of sp³-hybridized carbons (Fsp3) is 0.545. The Balaban J connectivity index is 2.19. The second-order valence-corrected chi connectivity index (χ2v) is 4.57. The van der Waals surface area contributed by atoms with Crippen molar-refractivity contribution < 1.29 is 14.3 Å². The minimum atomic E-state index is -0.271. The van der Waals surface area contributed by atoms with E-state index in [1.165, 1.54) is 11.3 Å². The third-order valence-electron chi connectivity index (χ3n) is 1.98. The molecule has 0 saturated heterocycles. The first-order valence-electron chi connectivity index (χ1n) is 5.53. The lowest BCUT2D eigenvalue weighted by Gasteiger charge is -2.03. The van der Waals surface area contributed by atoms with Crippen LogP contribution in [0.2, 0.25) is 0 Å². The van der Waals surface area contributed by atoms with E-state index in [2.05, 4.69) is 12.3 Å². The highest BCUT2D eigenvalue weighted by molar-refractivity contribution is 7.14. The predicted octanol–water partition coefficient (Wildman–Crippen LogP) is 1.29. The Morgan fingerprint density at radius 1 is 1.35 bits per heavy atom. The lowest BCUT2D eigenvalue weighted by molar-refractivity contribution is 0.0417. The molecule has 96 valence electrons. The average molecular weight is 258 g/mol. The first-order chi connectivity index (χ1) is 8.27. The van der Waals surface area contributed by atoms with Gasteiger partial charge in [0.15, 0.2) is 0 Å². The molecule has 1 rings (SSSR count). The number of nitrogens with one attached hydrogen (secondary N) is 1. The molecular formula is C11H18N2O3S. The molecule has 0 aliphatic carbocycles. The van der Waals surface area contributed by atoms with Gasteiger partial charge in [0.05, 0.1) is 24.7 Å². The molecule has 1 amide bonds. The van der Waals surface area contributed by atoms with Gasteiger partial charge < -0.3 is 9.47 Å². The molecule has 0 aliphatic heterocycles. The lowest BCUT2D eigenvalue weighted by atomic mass is 10.4. The van der Waals surface area contributed by atoms with Crippen LogP contribution in [0.5, 0.6) is 0 Å². The van der Waals surface area contributed by atoms with Crippen molar-refractivity contribution in [1.29, 1.82) is 0 Å². The largest absolute Gasteiger partial charge is 0.379 e. The molecule has 17 heavy (non-hydrogen) atoms. The zero-order chi connectivity index (χ0) is 12.5. The molecule has 0 unspecified atom stereocenters. The van der Waals surface area contributed by atoms with Crippen molar-refractivity contribution in [2.24, 2.45) is 5.84 Å². The quantitative estimate of drug-likeness (QED) is 0.319. The third-order valence-corrected chi connectivity index (χ3v) is 3.04. The van der Waals surface area contributed by atoms with Gasteiger partial charge in [-0.2, -0.15) is 0 Å². The Morgan fingerprint density at radius 2 is 2.12 bits per heavy atom. The summed E-state index contributed by atoms with van der Waals surface area (Å²) in [5.74, 6) is 4.77. The molecule has 0 bridgehead atoms. The van der Waals surface area contributed by atoms with Gasteiger partial charge in [0.1, 0.15) is 0 Å². The van der Waals surface area contributed by atoms with Gasteiger partial charge in [0.2, 0.25) is 0 Å². The van der Waals surface area contributed by atoms with Gasteiger partial charge in [-0.3, -0.25) is 10.2 Å². The summed E-state index contributed by atoms with van der Waals surface area (Å²) in [4.78, 5) is 12.8. The fourth-order valence-electron chi connectivity index (χ4n) is 1.19. The molecule has 6 heteroatoms. The Bertz CT molecular complexity index is 341. The number of hydrogen-bond acceptors (Lipinski definition) is 5. The second kappa shape index (κ2) is 8.19. The second-order valence-electron chi connectivity index (χ2n) is 3.40. The lowest BCUT2D eigenvalue weighted by Crippen LogP contribution is -2.29. The predicted molar refractivity (Wildman–Crippen MR) is 66.7 cm³/mol. The Hall–Kier alpha value is -0.950. The van der Waals surface area contributed by atoms with E-state index < -0.39 is 0 Å². The zero-order valence-electron chi connectivity index (χ0n) is 9.90. The van der Waals surface area contributed by atoms with Crippen molar-refractivity contribution in [3.8, 4) is 0 Å². The van der Waals surface area contributed by atoms with Gasteiger partial charge in [0, 0.05) is 11.5 Å². The number of hydrazine groups is 1. The van der Waals surface area contributed by atoms with E-state index in [4.69, 9.17) is 15.3 Å². The van der Waals surface area contributed by atoms with Crippen molar-refractivity contribution in [2.45, 2.75) is 20.0 Å². The Kier molecular flexibility index (Phi) is 6.80. The average Bonchev–Trinajstić information content (AvgIpc) is 2.81. The molecule has 5 nitrogen and oxygen atoms in total. The molecular weight excluding hydrogens is 240 g/mol. The topological polar surface area (TPSA) is 73.6 Å². The van der Waals surface area contributed by atoms with Gasteiger partial charge in [-0.15, -0.1) is 11.3 Å². The maximum atomic E-state index is 11.2. The minimum absolute atomic E-state index is 0.271. The summed E-state index contributed by atoms with van der Waals surface area (Å²) >= 11 is 1.38. The minimum Gasteiger partial charge on any atom is -0.379 e. The number of hydrogen-bond donors (Lipinski definition) is 2.